The lowest BCUT2D eigenvalue weighted by Crippen LogP contribution is -2.38. The fourth-order valence-corrected chi connectivity index (χ4v) is 2.76. The zero-order chi connectivity index (χ0) is 18.4. The van der Waals surface area contributed by atoms with Gasteiger partial charge in [-0.05, 0) is 36.2 Å². The lowest BCUT2D eigenvalue weighted by molar-refractivity contribution is -0.114. The molecular formula is C19H22ClN3O2. The molecule has 5 nitrogen and oxygen atoms in total. The Morgan fingerprint density at radius 3 is 2.56 bits per heavy atom. The highest BCUT2D eigenvalue weighted by molar-refractivity contribution is 6.31. The van der Waals surface area contributed by atoms with E-state index in [1.807, 2.05) is 49.4 Å². The van der Waals surface area contributed by atoms with Crippen molar-refractivity contribution in [2.24, 2.45) is 0 Å². The van der Waals surface area contributed by atoms with Gasteiger partial charge in [-0.1, -0.05) is 41.9 Å². The molecule has 0 radical (unpaired) electrons. The maximum atomic E-state index is 12.4. The summed E-state index contributed by atoms with van der Waals surface area (Å²) in [6, 6.07) is 14.5. The summed E-state index contributed by atoms with van der Waals surface area (Å²) >= 11 is 6.21. The topological polar surface area (TPSA) is 61.4 Å². The third kappa shape index (κ3) is 5.22. The van der Waals surface area contributed by atoms with E-state index in [4.69, 9.17) is 11.6 Å². The molecule has 2 aromatic rings. The van der Waals surface area contributed by atoms with Gasteiger partial charge in [0.25, 0.3) is 0 Å². The molecule has 0 saturated carbocycles. The first-order valence-electron chi connectivity index (χ1n) is 8.00. The van der Waals surface area contributed by atoms with Crippen LogP contribution in [0.5, 0.6) is 0 Å². The highest BCUT2D eigenvalue weighted by Gasteiger charge is 2.18. The maximum absolute atomic E-state index is 12.4. The van der Waals surface area contributed by atoms with Gasteiger partial charge < -0.3 is 15.5 Å². The van der Waals surface area contributed by atoms with E-state index in [2.05, 4.69) is 10.6 Å². The van der Waals surface area contributed by atoms with Crippen LogP contribution in [0.1, 0.15) is 31.0 Å². The quantitative estimate of drug-likeness (QED) is 0.840. The number of nitrogens with one attached hydrogen (secondary N) is 2. The molecule has 2 rings (SSSR count). The second-order valence-electron chi connectivity index (χ2n) is 5.85. The summed E-state index contributed by atoms with van der Waals surface area (Å²) in [6.45, 7) is 3.75. The molecule has 0 unspecified atom stereocenters. The number of benzene rings is 2. The molecule has 0 saturated heterocycles. The number of nitrogens with zero attached hydrogens (tertiary/aromatic N) is 1. The van der Waals surface area contributed by atoms with Gasteiger partial charge in [0.2, 0.25) is 5.91 Å². The van der Waals surface area contributed by atoms with E-state index in [0.717, 1.165) is 11.1 Å². The molecule has 0 fully saturated rings. The molecule has 0 aromatic heterocycles. The minimum atomic E-state index is -0.197. The third-order valence-corrected chi connectivity index (χ3v) is 4.29. The Morgan fingerprint density at radius 2 is 1.88 bits per heavy atom. The molecule has 0 aliphatic heterocycles. The van der Waals surface area contributed by atoms with Crippen molar-refractivity contribution in [1.29, 1.82) is 0 Å². The standard InChI is InChI=1S/C19H22ClN3O2/c1-13(17-9-4-5-10-18(17)20)23(3)19(25)21-12-15-7-6-8-16(11-15)22-14(2)24/h4-11,13H,12H2,1-3H3,(H,21,25)(H,22,24)/t13-/m1/s1. The zero-order valence-electron chi connectivity index (χ0n) is 14.5. The van der Waals surface area contributed by atoms with Crippen LogP contribution in [-0.2, 0) is 11.3 Å². The van der Waals surface area contributed by atoms with E-state index in [9.17, 15) is 9.59 Å². The summed E-state index contributed by atoms with van der Waals surface area (Å²) in [5.41, 5.74) is 2.50. The number of hydrogen-bond donors (Lipinski definition) is 2. The van der Waals surface area contributed by atoms with Crippen LogP contribution in [0.3, 0.4) is 0 Å². The molecule has 0 spiro atoms. The second-order valence-corrected chi connectivity index (χ2v) is 6.26. The molecule has 132 valence electrons. The Kier molecular flexibility index (Phi) is 6.42. The Bertz CT molecular complexity index is 764. The van der Waals surface area contributed by atoms with Gasteiger partial charge in [0, 0.05) is 31.2 Å². The summed E-state index contributed by atoms with van der Waals surface area (Å²) in [7, 11) is 1.73. The molecule has 0 aliphatic rings. The minimum Gasteiger partial charge on any atom is -0.334 e. The van der Waals surface area contributed by atoms with Gasteiger partial charge in [0.05, 0.1) is 6.04 Å². The zero-order valence-corrected chi connectivity index (χ0v) is 15.3. The van der Waals surface area contributed by atoms with E-state index in [0.29, 0.717) is 17.3 Å². The monoisotopic (exact) mass is 359 g/mol. The first-order valence-corrected chi connectivity index (χ1v) is 8.38. The Hall–Kier alpha value is -2.53. The van der Waals surface area contributed by atoms with Gasteiger partial charge in [-0.2, -0.15) is 0 Å². The van der Waals surface area contributed by atoms with Crippen LogP contribution in [0, 0.1) is 0 Å². The Labute approximate surface area is 153 Å². The van der Waals surface area contributed by atoms with Crippen LogP contribution in [0.25, 0.3) is 0 Å². The average Bonchev–Trinajstić information content (AvgIpc) is 2.58. The van der Waals surface area contributed by atoms with Gasteiger partial charge in [0.15, 0.2) is 0 Å². The first-order chi connectivity index (χ1) is 11.9. The van der Waals surface area contributed by atoms with Gasteiger partial charge in [0.1, 0.15) is 0 Å². The van der Waals surface area contributed by atoms with Crippen molar-refractivity contribution in [3.8, 4) is 0 Å². The Balaban J connectivity index is 1.98. The van der Waals surface area contributed by atoms with Gasteiger partial charge in [-0.3, -0.25) is 4.79 Å². The number of carbonyl (C=O) groups excluding carboxylic acids is 2. The van der Waals surface area contributed by atoms with Crippen LogP contribution in [-0.4, -0.2) is 23.9 Å². The number of anilines is 1. The fourth-order valence-electron chi connectivity index (χ4n) is 2.46. The molecule has 25 heavy (non-hydrogen) atoms. The van der Waals surface area contributed by atoms with Crippen molar-refractivity contribution in [3.05, 3.63) is 64.7 Å². The summed E-state index contributed by atoms with van der Waals surface area (Å²) in [5, 5.41) is 6.24. The number of hydrogen-bond acceptors (Lipinski definition) is 2. The SMILES string of the molecule is CC(=O)Nc1cccc(CNC(=O)N(C)[C@H](C)c2ccccc2Cl)c1. The number of amides is 3. The maximum Gasteiger partial charge on any atom is 0.317 e. The van der Waals surface area contributed by atoms with E-state index in [-0.39, 0.29) is 18.0 Å². The Morgan fingerprint density at radius 1 is 1.16 bits per heavy atom. The van der Waals surface area contributed by atoms with Crippen molar-refractivity contribution in [2.75, 3.05) is 12.4 Å². The van der Waals surface area contributed by atoms with Crippen LogP contribution < -0.4 is 10.6 Å². The first kappa shape index (κ1) is 18.8. The molecule has 2 N–H and O–H groups in total. The number of rotatable bonds is 5. The van der Waals surface area contributed by atoms with Gasteiger partial charge in [-0.15, -0.1) is 0 Å². The van der Waals surface area contributed by atoms with Gasteiger partial charge in [-0.25, -0.2) is 4.79 Å². The van der Waals surface area contributed by atoms with Crippen LogP contribution in [0.2, 0.25) is 5.02 Å². The molecular weight excluding hydrogens is 338 g/mol. The highest BCUT2D eigenvalue weighted by atomic mass is 35.5. The molecule has 0 heterocycles. The minimum absolute atomic E-state index is 0.130. The summed E-state index contributed by atoms with van der Waals surface area (Å²) < 4.78 is 0. The molecule has 3 amide bonds. The molecule has 0 aliphatic carbocycles. The van der Waals surface area contributed by atoms with Crippen molar-refractivity contribution in [2.45, 2.75) is 26.4 Å². The highest BCUT2D eigenvalue weighted by Crippen LogP contribution is 2.26. The number of urea groups is 1. The van der Waals surface area contributed by atoms with E-state index >= 15 is 0 Å². The van der Waals surface area contributed by atoms with Crippen molar-refractivity contribution in [1.82, 2.24) is 10.2 Å². The van der Waals surface area contributed by atoms with E-state index in [1.54, 1.807) is 18.0 Å². The third-order valence-electron chi connectivity index (χ3n) is 3.95. The van der Waals surface area contributed by atoms with Crippen molar-refractivity contribution < 1.29 is 9.59 Å². The molecule has 1 atom stereocenters. The predicted molar refractivity (Wildman–Crippen MR) is 101 cm³/mol. The lowest BCUT2D eigenvalue weighted by Gasteiger charge is -2.26. The van der Waals surface area contributed by atoms with E-state index in [1.165, 1.54) is 6.92 Å². The average molecular weight is 360 g/mol. The summed E-state index contributed by atoms with van der Waals surface area (Å²) in [4.78, 5) is 25.1. The van der Waals surface area contributed by atoms with Crippen LogP contribution >= 0.6 is 11.6 Å². The molecule has 6 heteroatoms. The lowest BCUT2D eigenvalue weighted by atomic mass is 10.1. The van der Waals surface area contributed by atoms with Crippen LogP contribution in [0.15, 0.2) is 48.5 Å². The normalized spacial score (nSPS) is 11.5. The largest absolute Gasteiger partial charge is 0.334 e. The number of carbonyl (C=O) groups is 2. The van der Waals surface area contributed by atoms with Crippen LogP contribution in [0.4, 0.5) is 10.5 Å². The summed E-state index contributed by atoms with van der Waals surface area (Å²) in [6.07, 6.45) is 0. The number of halogens is 1. The summed E-state index contributed by atoms with van der Waals surface area (Å²) in [5.74, 6) is -0.130. The van der Waals surface area contributed by atoms with E-state index < -0.39 is 0 Å². The molecule has 0 bridgehead atoms. The predicted octanol–water partition coefficient (Wildman–Crippen LogP) is 4.20. The fraction of sp³-hybridized carbons (Fsp3) is 0.263. The second kappa shape index (κ2) is 8.53. The molecule has 2 aromatic carbocycles. The van der Waals surface area contributed by atoms with Crippen molar-refractivity contribution in [3.63, 3.8) is 0 Å². The van der Waals surface area contributed by atoms with Gasteiger partial charge >= 0.3 is 6.03 Å². The van der Waals surface area contributed by atoms with Crippen molar-refractivity contribution >= 4 is 29.2 Å². The smallest absolute Gasteiger partial charge is 0.317 e.